The topological polar surface area (TPSA) is 69.4 Å². The first kappa shape index (κ1) is 10.2. The third-order valence-corrected chi connectivity index (χ3v) is 3.58. The maximum atomic E-state index is 11.4. The largest absolute Gasteiger partial charge is 0.492 e. The molecule has 15 heavy (non-hydrogen) atoms. The van der Waals surface area contributed by atoms with Crippen molar-refractivity contribution in [2.45, 2.75) is 4.90 Å². The van der Waals surface area contributed by atoms with Crippen LogP contribution < -0.4 is 10.5 Å². The standard InChI is InChI=1S/C10H11NO3S/c11-4-5-14-9-1-2-10-8(7-9)3-6-15(10,12)13/h1-3,6-7H,4-5,11H2. The maximum absolute atomic E-state index is 11.4. The molecule has 4 nitrogen and oxygen atoms in total. The van der Waals surface area contributed by atoms with Crippen molar-refractivity contribution in [1.29, 1.82) is 0 Å². The van der Waals surface area contributed by atoms with Crippen molar-refractivity contribution in [3.63, 3.8) is 0 Å². The first-order valence-corrected chi connectivity index (χ1v) is 6.08. The Balaban J connectivity index is 2.34. The molecule has 1 aromatic rings. The van der Waals surface area contributed by atoms with E-state index in [4.69, 9.17) is 10.5 Å². The molecular weight excluding hydrogens is 214 g/mol. The van der Waals surface area contributed by atoms with Crippen molar-refractivity contribution in [1.82, 2.24) is 0 Å². The van der Waals surface area contributed by atoms with Crippen molar-refractivity contribution >= 4 is 15.9 Å². The van der Waals surface area contributed by atoms with Crippen LogP contribution in [0.3, 0.4) is 0 Å². The number of rotatable bonds is 3. The molecular formula is C10H11NO3S. The molecule has 0 amide bonds. The van der Waals surface area contributed by atoms with E-state index < -0.39 is 9.84 Å². The van der Waals surface area contributed by atoms with E-state index in [1.54, 1.807) is 24.3 Å². The highest BCUT2D eigenvalue weighted by atomic mass is 32.2. The first-order chi connectivity index (χ1) is 7.13. The summed E-state index contributed by atoms with van der Waals surface area (Å²) in [6.45, 7) is 0.862. The van der Waals surface area contributed by atoms with Gasteiger partial charge in [-0.15, -0.1) is 0 Å². The van der Waals surface area contributed by atoms with E-state index in [0.29, 0.717) is 29.4 Å². The number of ether oxygens (including phenoxy) is 1. The molecule has 1 aliphatic rings. The van der Waals surface area contributed by atoms with Gasteiger partial charge < -0.3 is 10.5 Å². The summed E-state index contributed by atoms with van der Waals surface area (Å²) in [4.78, 5) is 0.336. The van der Waals surface area contributed by atoms with E-state index in [2.05, 4.69) is 0 Å². The smallest absolute Gasteiger partial charge is 0.200 e. The van der Waals surface area contributed by atoms with Crippen LogP contribution in [0.2, 0.25) is 0 Å². The van der Waals surface area contributed by atoms with Crippen molar-refractivity contribution < 1.29 is 13.2 Å². The van der Waals surface area contributed by atoms with Crippen molar-refractivity contribution in [2.24, 2.45) is 5.73 Å². The van der Waals surface area contributed by atoms with Crippen LogP contribution in [-0.2, 0) is 9.84 Å². The summed E-state index contributed by atoms with van der Waals surface area (Å²) < 4.78 is 28.2. The van der Waals surface area contributed by atoms with E-state index >= 15 is 0 Å². The van der Waals surface area contributed by atoms with Crippen LogP contribution in [0.5, 0.6) is 5.75 Å². The molecule has 1 heterocycles. The number of hydrogen-bond acceptors (Lipinski definition) is 4. The fraction of sp³-hybridized carbons (Fsp3) is 0.200. The zero-order valence-corrected chi connectivity index (χ0v) is 8.83. The predicted molar refractivity (Wildman–Crippen MR) is 57.2 cm³/mol. The highest BCUT2D eigenvalue weighted by Crippen LogP contribution is 2.29. The number of benzene rings is 1. The summed E-state index contributed by atoms with van der Waals surface area (Å²) in [5, 5.41) is 1.20. The minimum atomic E-state index is -3.20. The zero-order valence-electron chi connectivity index (χ0n) is 8.01. The minimum Gasteiger partial charge on any atom is -0.492 e. The molecule has 0 saturated heterocycles. The molecule has 5 heteroatoms. The van der Waals surface area contributed by atoms with E-state index in [-0.39, 0.29) is 0 Å². The summed E-state index contributed by atoms with van der Waals surface area (Å²) in [6.07, 6.45) is 1.57. The monoisotopic (exact) mass is 225 g/mol. The SMILES string of the molecule is NCCOc1ccc2c(c1)C=CS2(=O)=O. The van der Waals surface area contributed by atoms with E-state index in [1.165, 1.54) is 5.41 Å². The highest BCUT2D eigenvalue weighted by Gasteiger charge is 2.20. The lowest BCUT2D eigenvalue weighted by molar-refractivity contribution is 0.328. The lowest BCUT2D eigenvalue weighted by Gasteiger charge is -2.05. The van der Waals surface area contributed by atoms with Crippen molar-refractivity contribution in [3.05, 3.63) is 29.2 Å². The molecule has 0 aliphatic carbocycles. The molecule has 0 spiro atoms. The first-order valence-electron chi connectivity index (χ1n) is 4.53. The Morgan fingerprint density at radius 3 is 2.87 bits per heavy atom. The van der Waals surface area contributed by atoms with E-state index in [0.717, 1.165) is 0 Å². The fourth-order valence-electron chi connectivity index (χ4n) is 1.42. The van der Waals surface area contributed by atoms with Crippen LogP contribution in [-0.4, -0.2) is 21.6 Å². The fourth-order valence-corrected chi connectivity index (χ4v) is 2.60. The third kappa shape index (κ3) is 1.88. The molecule has 0 unspecified atom stereocenters. The van der Waals surface area contributed by atoms with Gasteiger partial charge in [0, 0.05) is 12.0 Å². The summed E-state index contributed by atoms with van der Waals surface area (Å²) >= 11 is 0. The predicted octanol–water partition coefficient (Wildman–Crippen LogP) is 0.782. The lowest BCUT2D eigenvalue weighted by atomic mass is 10.2. The van der Waals surface area contributed by atoms with Crippen LogP contribution in [0.4, 0.5) is 0 Å². The Bertz CT molecular complexity index is 505. The second-order valence-electron chi connectivity index (χ2n) is 3.18. The van der Waals surface area contributed by atoms with Crippen LogP contribution in [0.25, 0.3) is 6.08 Å². The summed E-state index contributed by atoms with van der Waals surface area (Å²) in [5.41, 5.74) is 5.97. The quantitative estimate of drug-likeness (QED) is 0.825. The third-order valence-electron chi connectivity index (χ3n) is 2.10. The normalized spacial score (nSPS) is 16.3. The minimum absolute atomic E-state index is 0.336. The average molecular weight is 225 g/mol. The van der Waals surface area contributed by atoms with Gasteiger partial charge in [-0.25, -0.2) is 8.42 Å². The molecule has 0 bridgehead atoms. The molecule has 2 rings (SSSR count). The summed E-state index contributed by atoms with van der Waals surface area (Å²) in [7, 11) is -3.20. The number of fused-ring (bicyclic) bond motifs is 1. The van der Waals surface area contributed by atoms with E-state index in [9.17, 15) is 8.42 Å². The Labute approximate surface area is 88.3 Å². The van der Waals surface area contributed by atoms with E-state index in [1.807, 2.05) is 0 Å². The maximum Gasteiger partial charge on any atom is 0.200 e. The Hall–Kier alpha value is -1.33. The molecule has 0 aromatic heterocycles. The number of nitrogens with two attached hydrogens (primary N) is 1. The van der Waals surface area contributed by atoms with Gasteiger partial charge in [-0.1, -0.05) is 0 Å². The average Bonchev–Trinajstić information content (AvgIpc) is 2.52. The van der Waals surface area contributed by atoms with Crippen molar-refractivity contribution in [3.8, 4) is 5.75 Å². The van der Waals surface area contributed by atoms with Gasteiger partial charge in [0.25, 0.3) is 0 Å². The van der Waals surface area contributed by atoms with Gasteiger partial charge >= 0.3 is 0 Å². The highest BCUT2D eigenvalue weighted by molar-refractivity contribution is 7.94. The van der Waals surface area contributed by atoms with Gasteiger partial charge in [-0.05, 0) is 29.8 Å². The second kappa shape index (κ2) is 3.67. The van der Waals surface area contributed by atoms with Crippen LogP contribution in [0, 0.1) is 0 Å². The lowest BCUT2D eigenvalue weighted by Crippen LogP contribution is -2.10. The van der Waals surface area contributed by atoms with Crippen LogP contribution in [0.1, 0.15) is 5.56 Å². The molecule has 0 atom stereocenters. The number of hydrogen-bond donors (Lipinski definition) is 1. The van der Waals surface area contributed by atoms with Gasteiger partial charge in [-0.3, -0.25) is 0 Å². The summed E-state index contributed by atoms with van der Waals surface area (Å²) in [6, 6.07) is 4.89. The van der Waals surface area contributed by atoms with Gasteiger partial charge in [0.15, 0.2) is 9.84 Å². The molecule has 80 valence electrons. The van der Waals surface area contributed by atoms with Gasteiger partial charge in [0.05, 0.1) is 4.90 Å². The molecule has 2 N–H and O–H groups in total. The summed E-state index contributed by atoms with van der Waals surface area (Å²) in [5.74, 6) is 0.640. The van der Waals surface area contributed by atoms with Gasteiger partial charge in [-0.2, -0.15) is 0 Å². The molecule has 0 fully saturated rings. The van der Waals surface area contributed by atoms with Crippen LogP contribution in [0.15, 0.2) is 28.5 Å². The van der Waals surface area contributed by atoms with Crippen LogP contribution >= 0.6 is 0 Å². The molecule has 1 aromatic carbocycles. The Morgan fingerprint density at radius 1 is 1.33 bits per heavy atom. The Kier molecular flexibility index (Phi) is 2.50. The Morgan fingerprint density at radius 2 is 2.13 bits per heavy atom. The van der Waals surface area contributed by atoms with Gasteiger partial charge in [0.2, 0.25) is 0 Å². The molecule has 0 saturated carbocycles. The second-order valence-corrected chi connectivity index (χ2v) is 4.99. The molecule has 1 aliphatic heterocycles. The van der Waals surface area contributed by atoms with Crippen molar-refractivity contribution in [2.75, 3.05) is 13.2 Å². The zero-order chi connectivity index (χ0) is 10.9. The molecule has 0 radical (unpaired) electrons. The number of sulfone groups is 1. The van der Waals surface area contributed by atoms with Gasteiger partial charge in [0.1, 0.15) is 12.4 Å².